The molecular weight excluding hydrogens is 326 g/mol. The van der Waals surface area contributed by atoms with Gasteiger partial charge in [0, 0.05) is 55.7 Å². The molecule has 1 saturated heterocycles. The van der Waals surface area contributed by atoms with Crippen LogP contribution in [0.5, 0.6) is 0 Å². The highest BCUT2D eigenvalue weighted by molar-refractivity contribution is 6.06. The number of hydrogen-bond acceptors (Lipinski definition) is 5. The molecule has 1 amide bonds. The van der Waals surface area contributed by atoms with Crippen LogP contribution in [0, 0.1) is 0 Å². The van der Waals surface area contributed by atoms with Crippen molar-refractivity contribution in [3.8, 4) is 0 Å². The standard InChI is InChI=1S/C20H21N5O/c1-24(16-6-4-12-25(14-16)19-8-3-10-22-23-19)20(26)18-7-2-5-15-13-21-11-9-17(15)18/h2-3,5,7-11,13,16H,4,6,12,14H2,1H3. The average Bonchev–Trinajstić information content (AvgIpc) is 2.73. The molecule has 1 atom stereocenters. The summed E-state index contributed by atoms with van der Waals surface area (Å²) in [4.78, 5) is 21.4. The van der Waals surface area contributed by atoms with Gasteiger partial charge in [-0.15, -0.1) is 5.10 Å². The molecule has 0 spiro atoms. The lowest BCUT2D eigenvalue weighted by molar-refractivity contribution is 0.0719. The lowest BCUT2D eigenvalue weighted by Crippen LogP contribution is -2.49. The zero-order chi connectivity index (χ0) is 17.9. The van der Waals surface area contributed by atoms with Gasteiger partial charge in [-0.1, -0.05) is 12.1 Å². The maximum Gasteiger partial charge on any atom is 0.254 e. The number of amides is 1. The highest BCUT2D eigenvalue weighted by atomic mass is 16.2. The second-order valence-corrected chi connectivity index (χ2v) is 6.64. The third kappa shape index (κ3) is 3.10. The summed E-state index contributed by atoms with van der Waals surface area (Å²) in [7, 11) is 1.90. The molecule has 0 bridgehead atoms. The number of rotatable bonds is 3. The summed E-state index contributed by atoms with van der Waals surface area (Å²) in [6.07, 6.45) is 7.22. The fourth-order valence-electron chi connectivity index (χ4n) is 3.61. The van der Waals surface area contributed by atoms with Gasteiger partial charge in [-0.05, 0) is 42.5 Å². The molecule has 3 heterocycles. The van der Waals surface area contributed by atoms with Crippen molar-refractivity contribution in [2.45, 2.75) is 18.9 Å². The summed E-state index contributed by atoms with van der Waals surface area (Å²) in [5.74, 6) is 0.919. The molecule has 0 radical (unpaired) electrons. The lowest BCUT2D eigenvalue weighted by atomic mass is 10.0. The van der Waals surface area contributed by atoms with Crippen molar-refractivity contribution in [3.63, 3.8) is 0 Å². The van der Waals surface area contributed by atoms with E-state index < -0.39 is 0 Å². The number of nitrogens with zero attached hydrogens (tertiary/aromatic N) is 5. The van der Waals surface area contributed by atoms with E-state index in [-0.39, 0.29) is 11.9 Å². The second-order valence-electron chi connectivity index (χ2n) is 6.64. The Morgan fingerprint density at radius 2 is 2.12 bits per heavy atom. The first kappa shape index (κ1) is 16.4. The first-order chi connectivity index (χ1) is 12.7. The van der Waals surface area contributed by atoms with Crippen LogP contribution in [0.15, 0.2) is 55.0 Å². The number of likely N-dealkylation sites (N-methyl/N-ethyl adjacent to an activating group) is 1. The summed E-state index contributed by atoms with van der Waals surface area (Å²) in [5.41, 5.74) is 0.726. The Labute approximate surface area is 152 Å². The second kappa shape index (κ2) is 7.07. The van der Waals surface area contributed by atoms with E-state index in [0.717, 1.165) is 48.1 Å². The van der Waals surface area contributed by atoms with Crippen molar-refractivity contribution in [2.24, 2.45) is 0 Å². The minimum Gasteiger partial charge on any atom is -0.353 e. The molecule has 26 heavy (non-hydrogen) atoms. The molecule has 0 N–H and O–H groups in total. The van der Waals surface area contributed by atoms with Gasteiger partial charge in [-0.2, -0.15) is 5.10 Å². The molecule has 1 aliphatic heterocycles. The Balaban J connectivity index is 1.56. The van der Waals surface area contributed by atoms with E-state index in [2.05, 4.69) is 20.1 Å². The zero-order valence-electron chi connectivity index (χ0n) is 14.7. The normalized spacial score (nSPS) is 17.3. The van der Waals surface area contributed by atoms with Crippen LogP contribution in [0.3, 0.4) is 0 Å². The van der Waals surface area contributed by atoms with Crippen LogP contribution in [0.25, 0.3) is 10.8 Å². The minimum atomic E-state index is 0.0489. The monoisotopic (exact) mass is 347 g/mol. The largest absolute Gasteiger partial charge is 0.353 e. The van der Waals surface area contributed by atoms with Gasteiger partial charge in [0.25, 0.3) is 5.91 Å². The van der Waals surface area contributed by atoms with E-state index in [0.29, 0.717) is 0 Å². The van der Waals surface area contributed by atoms with Crippen LogP contribution in [0.2, 0.25) is 0 Å². The Hall–Kier alpha value is -3.02. The minimum absolute atomic E-state index is 0.0489. The summed E-state index contributed by atoms with van der Waals surface area (Å²) in [5, 5.41) is 10.1. The third-order valence-electron chi connectivity index (χ3n) is 5.06. The summed E-state index contributed by atoms with van der Waals surface area (Å²) in [6.45, 7) is 1.71. The Morgan fingerprint density at radius 3 is 2.96 bits per heavy atom. The summed E-state index contributed by atoms with van der Waals surface area (Å²) >= 11 is 0. The summed E-state index contributed by atoms with van der Waals surface area (Å²) < 4.78 is 0. The molecule has 4 rings (SSSR count). The fraction of sp³-hybridized carbons (Fsp3) is 0.300. The molecule has 1 unspecified atom stereocenters. The molecule has 2 aromatic heterocycles. The van der Waals surface area contributed by atoms with Crippen LogP contribution in [0.4, 0.5) is 5.82 Å². The number of benzene rings is 1. The van der Waals surface area contributed by atoms with Gasteiger partial charge >= 0.3 is 0 Å². The van der Waals surface area contributed by atoms with Gasteiger partial charge in [0.1, 0.15) is 0 Å². The van der Waals surface area contributed by atoms with Crippen molar-refractivity contribution >= 4 is 22.5 Å². The third-order valence-corrected chi connectivity index (χ3v) is 5.06. The van der Waals surface area contributed by atoms with E-state index >= 15 is 0 Å². The molecule has 0 saturated carbocycles. The van der Waals surface area contributed by atoms with E-state index in [1.807, 2.05) is 48.3 Å². The number of anilines is 1. The number of pyridine rings is 1. The molecule has 3 aromatic rings. The fourth-order valence-corrected chi connectivity index (χ4v) is 3.61. The van der Waals surface area contributed by atoms with Crippen molar-refractivity contribution in [1.82, 2.24) is 20.1 Å². The van der Waals surface area contributed by atoms with E-state index in [1.54, 1.807) is 18.6 Å². The predicted molar refractivity (Wildman–Crippen MR) is 101 cm³/mol. The number of carbonyl (C=O) groups excluding carboxylic acids is 1. The van der Waals surface area contributed by atoms with Gasteiger partial charge in [-0.3, -0.25) is 9.78 Å². The molecule has 1 fully saturated rings. The van der Waals surface area contributed by atoms with Crippen molar-refractivity contribution in [3.05, 3.63) is 60.6 Å². The number of piperidine rings is 1. The molecule has 0 aliphatic carbocycles. The number of fused-ring (bicyclic) bond motifs is 1. The van der Waals surface area contributed by atoms with Crippen molar-refractivity contribution in [2.75, 3.05) is 25.0 Å². The Kier molecular flexibility index (Phi) is 4.48. The van der Waals surface area contributed by atoms with Crippen LogP contribution in [-0.4, -0.2) is 52.2 Å². The topological polar surface area (TPSA) is 62.2 Å². The van der Waals surface area contributed by atoms with Gasteiger partial charge in [0.2, 0.25) is 0 Å². The van der Waals surface area contributed by atoms with Crippen LogP contribution in [-0.2, 0) is 0 Å². The first-order valence-corrected chi connectivity index (χ1v) is 8.86. The van der Waals surface area contributed by atoms with Crippen LogP contribution < -0.4 is 4.90 Å². The molecule has 6 nitrogen and oxygen atoms in total. The maximum atomic E-state index is 13.2. The van der Waals surface area contributed by atoms with Gasteiger partial charge < -0.3 is 9.80 Å². The first-order valence-electron chi connectivity index (χ1n) is 8.86. The maximum absolute atomic E-state index is 13.2. The van der Waals surface area contributed by atoms with E-state index in [4.69, 9.17) is 0 Å². The molecule has 1 aromatic carbocycles. The van der Waals surface area contributed by atoms with Crippen molar-refractivity contribution in [1.29, 1.82) is 0 Å². The SMILES string of the molecule is CN(C(=O)c1cccc2cnccc12)C1CCCN(c2cccnn2)C1. The van der Waals surface area contributed by atoms with Gasteiger partial charge in [0.05, 0.1) is 0 Å². The number of aromatic nitrogens is 3. The van der Waals surface area contributed by atoms with Crippen molar-refractivity contribution < 1.29 is 4.79 Å². The molecule has 132 valence electrons. The average molecular weight is 347 g/mol. The van der Waals surface area contributed by atoms with E-state index in [9.17, 15) is 4.79 Å². The summed E-state index contributed by atoms with van der Waals surface area (Å²) in [6, 6.07) is 11.7. The predicted octanol–water partition coefficient (Wildman–Crippen LogP) is 2.77. The highest BCUT2D eigenvalue weighted by Crippen LogP contribution is 2.23. The number of hydrogen-bond donors (Lipinski definition) is 0. The zero-order valence-corrected chi connectivity index (χ0v) is 14.7. The van der Waals surface area contributed by atoms with Gasteiger partial charge in [0.15, 0.2) is 5.82 Å². The van der Waals surface area contributed by atoms with Crippen LogP contribution >= 0.6 is 0 Å². The van der Waals surface area contributed by atoms with Crippen LogP contribution in [0.1, 0.15) is 23.2 Å². The van der Waals surface area contributed by atoms with Gasteiger partial charge in [-0.25, -0.2) is 0 Å². The quantitative estimate of drug-likeness (QED) is 0.729. The molecular formula is C20H21N5O. The smallest absolute Gasteiger partial charge is 0.254 e. The Morgan fingerprint density at radius 1 is 1.19 bits per heavy atom. The molecule has 1 aliphatic rings. The number of carbonyl (C=O) groups is 1. The Bertz CT molecular complexity index is 909. The molecule has 6 heteroatoms. The highest BCUT2D eigenvalue weighted by Gasteiger charge is 2.28. The lowest BCUT2D eigenvalue weighted by Gasteiger charge is -2.38. The van der Waals surface area contributed by atoms with E-state index in [1.165, 1.54) is 0 Å².